The van der Waals surface area contributed by atoms with Crippen molar-refractivity contribution in [3.05, 3.63) is 127 Å². The first-order chi connectivity index (χ1) is 21.3. The molecule has 220 valence electrons. The number of anilines is 2. The fourth-order valence-corrected chi connectivity index (χ4v) is 10.1. The summed E-state index contributed by atoms with van der Waals surface area (Å²) in [4.78, 5) is 39.1. The maximum Gasteiger partial charge on any atom is 0.253 e. The molecule has 0 N–H and O–H groups in total. The van der Waals surface area contributed by atoms with Crippen LogP contribution in [-0.4, -0.2) is 48.8 Å². The second-order valence-electron chi connectivity index (χ2n) is 12.7. The monoisotopic (exact) mass is 708 g/mol. The van der Waals surface area contributed by atoms with Crippen LogP contribution in [0.1, 0.15) is 45.5 Å². The van der Waals surface area contributed by atoms with Crippen LogP contribution in [0, 0.1) is 0 Å². The quantitative estimate of drug-likeness (QED) is 0.210. The van der Waals surface area contributed by atoms with Gasteiger partial charge in [-0.1, -0.05) is 80.4 Å². The maximum absolute atomic E-state index is 15.3. The van der Waals surface area contributed by atoms with Crippen LogP contribution < -0.4 is 9.80 Å². The Labute approximate surface area is 273 Å². The van der Waals surface area contributed by atoms with Crippen LogP contribution in [0.25, 0.3) is 0 Å². The molecule has 8 heteroatoms. The molecule has 1 fully saturated rings. The molecule has 0 bridgehead atoms. The normalized spacial score (nSPS) is 28.5. The number of fused-ring (bicyclic) bond motifs is 14. The van der Waals surface area contributed by atoms with Crippen LogP contribution in [0.5, 0.6) is 0 Å². The predicted octanol–water partition coefficient (Wildman–Crippen LogP) is 6.47. The first-order valence-corrected chi connectivity index (χ1v) is 16.7. The van der Waals surface area contributed by atoms with Crippen molar-refractivity contribution in [2.24, 2.45) is 0 Å². The van der Waals surface area contributed by atoms with E-state index in [1.807, 2.05) is 36.0 Å². The molecule has 2 spiro atoms. The number of carbonyl (C=O) groups is 2. The Morgan fingerprint density at radius 1 is 0.614 bits per heavy atom. The summed E-state index contributed by atoms with van der Waals surface area (Å²) in [6, 6.07) is 28.8. The average molecular weight is 710 g/mol. The number of rotatable bonds is 0. The van der Waals surface area contributed by atoms with E-state index in [1.165, 1.54) is 11.1 Å². The fraction of sp³-hybridized carbons (Fsp3) is 0.278. The minimum absolute atomic E-state index is 0.0600. The molecule has 0 unspecified atom stereocenters. The Bertz CT molecular complexity index is 1810. The van der Waals surface area contributed by atoms with Gasteiger partial charge in [-0.25, -0.2) is 0 Å². The average Bonchev–Trinajstić information content (AvgIpc) is 3.38. The maximum atomic E-state index is 15.3. The molecule has 6 nitrogen and oxygen atoms in total. The molecule has 5 heterocycles. The van der Waals surface area contributed by atoms with Gasteiger partial charge in [0, 0.05) is 58.6 Å². The summed E-state index contributed by atoms with van der Waals surface area (Å²) in [7, 11) is 3.81. The fourth-order valence-electron chi connectivity index (χ4n) is 9.36. The minimum Gasteiger partial charge on any atom is -0.313 e. The van der Waals surface area contributed by atoms with Crippen molar-refractivity contribution in [1.82, 2.24) is 9.80 Å². The van der Waals surface area contributed by atoms with Crippen LogP contribution in [0.4, 0.5) is 11.4 Å². The number of benzene rings is 4. The summed E-state index contributed by atoms with van der Waals surface area (Å²) in [5.74, 6) is 0.120. The van der Waals surface area contributed by atoms with Gasteiger partial charge in [-0.15, -0.1) is 0 Å². The summed E-state index contributed by atoms with van der Waals surface area (Å²) in [5.41, 5.74) is 6.51. The number of piperazine rings is 1. The molecular weight excluding hydrogens is 680 g/mol. The van der Waals surface area contributed by atoms with Gasteiger partial charge in [-0.05, 0) is 71.5 Å². The van der Waals surface area contributed by atoms with E-state index < -0.39 is 11.1 Å². The van der Waals surface area contributed by atoms with Crippen molar-refractivity contribution >= 4 is 55.0 Å². The van der Waals surface area contributed by atoms with E-state index in [0.29, 0.717) is 13.1 Å². The lowest BCUT2D eigenvalue weighted by Crippen LogP contribution is -2.76. The Kier molecular flexibility index (Phi) is 5.61. The molecule has 44 heavy (non-hydrogen) atoms. The van der Waals surface area contributed by atoms with Gasteiger partial charge in [0.25, 0.3) is 11.8 Å². The minimum atomic E-state index is -1.04. The van der Waals surface area contributed by atoms with E-state index in [9.17, 15) is 0 Å². The Balaban J connectivity index is 1.46. The molecule has 2 amide bonds. The lowest BCUT2D eigenvalue weighted by molar-refractivity contribution is -0.192. The zero-order valence-corrected chi connectivity index (χ0v) is 27.6. The van der Waals surface area contributed by atoms with Crippen molar-refractivity contribution in [2.75, 3.05) is 37.0 Å². The second kappa shape index (κ2) is 9.13. The lowest BCUT2D eigenvalue weighted by Gasteiger charge is -2.66. The first kappa shape index (κ1) is 27.0. The molecule has 4 aromatic carbocycles. The lowest BCUT2D eigenvalue weighted by atomic mass is 9.62. The van der Waals surface area contributed by atoms with Gasteiger partial charge in [-0.3, -0.25) is 19.4 Å². The number of amides is 2. The third-order valence-electron chi connectivity index (χ3n) is 11.0. The Morgan fingerprint density at radius 2 is 1.02 bits per heavy atom. The standard InChI is InChI=1S/C36H30Br2N4O2/c1-39-29-13-11-23(37)19-27(29)35(33(39)43)31-25-9-5-3-7-21(25)16-18-42(31)36(28-20-24(38)12-14-30(28)40(2)34(36)44)32-26-10-6-4-8-22(26)15-17-41(32)35/h3-14,19-20,31-32H,15-18H2,1-2H3/t31-,32-,35+,36+/m1/s1. The topological polar surface area (TPSA) is 47.1 Å². The summed E-state index contributed by atoms with van der Waals surface area (Å²) in [6.07, 6.45) is 1.60. The van der Waals surface area contributed by atoms with Gasteiger partial charge in [0.2, 0.25) is 0 Å². The van der Waals surface area contributed by atoms with E-state index in [0.717, 1.165) is 55.4 Å². The number of nitrogens with zero attached hydrogens (tertiary/aromatic N) is 4. The second-order valence-corrected chi connectivity index (χ2v) is 14.5. The van der Waals surface area contributed by atoms with Crippen LogP contribution in [0.2, 0.25) is 0 Å². The van der Waals surface area contributed by atoms with Crippen molar-refractivity contribution in [3.63, 3.8) is 0 Å². The van der Waals surface area contributed by atoms with Gasteiger partial charge in [0.1, 0.15) is 11.1 Å². The van der Waals surface area contributed by atoms with Crippen LogP contribution in [0.15, 0.2) is 93.9 Å². The molecule has 4 atom stereocenters. The molecule has 0 radical (unpaired) electrons. The number of carbonyl (C=O) groups excluding carboxylic acids is 2. The van der Waals surface area contributed by atoms with Gasteiger partial charge in [0.05, 0.1) is 12.1 Å². The summed E-state index contributed by atoms with van der Waals surface area (Å²) < 4.78 is 1.88. The highest BCUT2D eigenvalue weighted by Crippen LogP contribution is 2.68. The SMILES string of the molecule is CN1C(=O)[C@]2(c3cc(Br)ccc31)[C@H]1c3ccccc3CCN1[C@]1(C(=O)N(C)c3ccc(Br)cc31)[C@H]1c3ccccc3CCN12. The molecule has 5 aliphatic rings. The molecule has 1 saturated heterocycles. The number of halogens is 2. The van der Waals surface area contributed by atoms with Gasteiger partial charge in [-0.2, -0.15) is 0 Å². The molecular formula is C36H30Br2N4O2. The number of hydrogen-bond acceptors (Lipinski definition) is 4. The van der Waals surface area contributed by atoms with Crippen molar-refractivity contribution in [3.8, 4) is 0 Å². The summed E-state index contributed by atoms with van der Waals surface area (Å²) in [6.45, 7) is 1.31. The molecule has 9 rings (SSSR count). The third kappa shape index (κ3) is 3.03. The van der Waals surface area contributed by atoms with Crippen molar-refractivity contribution in [2.45, 2.75) is 36.0 Å². The number of hydrogen-bond donors (Lipinski definition) is 0. The van der Waals surface area contributed by atoms with Crippen molar-refractivity contribution < 1.29 is 9.59 Å². The van der Waals surface area contributed by atoms with Gasteiger partial charge >= 0.3 is 0 Å². The molecule has 0 saturated carbocycles. The zero-order valence-electron chi connectivity index (χ0n) is 24.4. The number of likely N-dealkylation sites (N-methyl/N-ethyl adjacent to an activating group) is 2. The first-order valence-electron chi connectivity index (χ1n) is 15.2. The van der Waals surface area contributed by atoms with E-state index in [2.05, 4.69) is 114 Å². The van der Waals surface area contributed by atoms with Crippen LogP contribution in [-0.2, 0) is 33.5 Å². The summed E-state index contributed by atoms with van der Waals surface area (Å²) >= 11 is 7.53. The smallest absolute Gasteiger partial charge is 0.253 e. The Morgan fingerprint density at radius 3 is 1.45 bits per heavy atom. The largest absolute Gasteiger partial charge is 0.313 e. The van der Waals surface area contributed by atoms with E-state index in [-0.39, 0.29) is 23.9 Å². The molecule has 0 aliphatic carbocycles. The van der Waals surface area contributed by atoms with E-state index in [1.54, 1.807) is 0 Å². The van der Waals surface area contributed by atoms with Crippen molar-refractivity contribution in [1.29, 1.82) is 0 Å². The van der Waals surface area contributed by atoms with Crippen LogP contribution in [0.3, 0.4) is 0 Å². The highest BCUT2D eigenvalue weighted by Gasteiger charge is 2.75. The van der Waals surface area contributed by atoms with Gasteiger partial charge < -0.3 is 9.80 Å². The Hall–Kier alpha value is -3.30. The predicted molar refractivity (Wildman–Crippen MR) is 178 cm³/mol. The zero-order chi connectivity index (χ0) is 30.1. The highest BCUT2D eigenvalue weighted by atomic mass is 79.9. The van der Waals surface area contributed by atoms with E-state index in [4.69, 9.17) is 0 Å². The van der Waals surface area contributed by atoms with Crippen LogP contribution >= 0.6 is 31.9 Å². The highest BCUT2D eigenvalue weighted by molar-refractivity contribution is 9.10. The molecule has 4 aromatic rings. The summed E-state index contributed by atoms with van der Waals surface area (Å²) in [5, 5.41) is 0. The molecule has 0 aromatic heterocycles. The third-order valence-corrected chi connectivity index (χ3v) is 12.0. The van der Waals surface area contributed by atoms with Gasteiger partial charge in [0.15, 0.2) is 0 Å². The molecule has 5 aliphatic heterocycles. The van der Waals surface area contributed by atoms with E-state index >= 15 is 9.59 Å².